The van der Waals surface area contributed by atoms with E-state index in [1.165, 1.54) is 0 Å². The summed E-state index contributed by atoms with van der Waals surface area (Å²) in [6, 6.07) is 13.0. The Bertz CT molecular complexity index is 1090. The minimum Gasteiger partial charge on any atom is -0.343 e. The van der Waals surface area contributed by atoms with Gasteiger partial charge in [0.25, 0.3) is 5.56 Å². The number of anilines is 2. The van der Waals surface area contributed by atoms with Crippen molar-refractivity contribution in [1.82, 2.24) is 14.4 Å². The van der Waals surface area contributed by atoms with Gasteiger partial charge in [0.05, 0.1) is 0 Å². The second-order valence-electron chi connectivity index (χ2n) is 9.52. The Hall–Kier alpha value is -3.13. The number of hydrogen-bond acceptors (Lipinski definition) is 4. The first-order valence-electron chi connectivity index (χ1n) is 11.8. The topological polar surface area (TPSA) is 86.7 Å². The van der Waals surface area contributed by atoms with Crippen molar-refractivity contribution in [2.75, 3.05) is 36.8 Å². The predicted octanol–water partition coefficient (Wildman–Crippen LogP) is 2.92. The number of pyridine rings is 1. The van der Waals surface area contributed by atoms with Crippen LogP contribution in [0.4, 0.5) is 16.2 Å². The Labute approximate surface area is 193 Å². The predicted molar refractivity (Wildman–Crippen MR) is 127 cm³/mol. The van der Waals surface area contributed by atoms with Crippen LogP contribution in [0.2, 0.25) is 0 Å². The summed E-state index contributed by atoms with van der Waals surface area (Å²) in [5.41, 5.74) is 1.92. The summed E-state index contributed by atoms with van der Waals surface area (Å²) in [6.07, 6.45) is 3.14. The average Bonchev–Trinajstić information content (AvgIpc) is 2.82. The molecule has 3 aliphatic rings. The molecular weight excluding hydrogens is 418 g/mol. The van der Waals surface area contributed by atoms with E-state index in [1.54, 1.807) is 25.1 Å². The normalized spacial score (nSPS) is 23.0. The van der Waals surface area contributed by atoms with Crippen LogP contribution in [0.5, 0.6) is 0 Å². The third-order valence-electron chi connectivity index (χ3n) is 7.34. The number of benzene rings is 1. The highest BCUT2D eigenvalue weighted by Gasteiger charge is 2.38. The van der Waals surface area contributed by atoms with E-state index in [9.17, 15) is 14.4 Å². The second-order valence-corrected chi connectivity index (χ2v) is 9.52. The zero-order valence-corrected chi connectivity index (χ0v) is 19.0. The van der Waals surface area contributed by atoms with Crippen LogP contribution in [0.25, 0.3) is 0 Å². The number of nitrogens with zero attached hydrogens (tertiary/aromatic N) is 3. The molecule has 0 spiro atoms. The van der Waals surface area contributed by atoms with Crippen LogP contribution in [-0.4, -0.2) is 58.5 Å². The van der Waals surface area contributed by atoms with E-state index in [2.05, 4.69) is 15.5 Å². The largest absolute Gasteiger partial charge is 0.343 e. The van der Waals surface area contributed by atoms with Crippen LogP contribution < -0.4 is 16.2 Å². The van der Waals surface area contributed by atoms with Gasteiger partial charge in [-0.2, -0.15) is 0 Å². The number of fused-ring (bicyclic) bond motifs is 4. The van der Waals surface area contributed by atoms with Crippen LogP contribution in [0.3, 0.4) is 0 Å². The Balaban J connectivity index is 1.27. The van der Waals surface area contributed by atoms with E-state index in [1.807, 2.05) is 33.7 Å². The highest BCUT2D eigenvalue weighted by Crippen LogP contribution is 2.37. The maximum Gasteiger partial charge on any atom is 0.323 e. The van der Waals surface area contributed by atoms with Crippen molar-refractivity contribution in [3.8, 4) is 0 Å². The summed E-state index contributed by atoms with van der Waals surface area (Å²) in [6.45, 7) is 5.93. The van der Waals surface area contributed by atoms with Crippen LogP contribution in [0.1, 0.15) is 37.8 Å². The number of nitrogens with one attached hydrogen (secondary N) is 2. The molecule has 2 N–H and O–H groups in total. The minimum absolute atomic E-state index is 0.131. The molecule has 174 valence electrons. The molecule has 3 aliphatic heterocycles. The second kappa shape index (κ2) is 9.02. The van der Waals surface area contributed by atoms with Crippen molar-refractivity contribution in [3.05, 3.63) is 58.5 Å². The van der Waals surface area contributed by atoms with E-state index in [0.717, 1.165) is 51.1 Å². The number of aromatic nitrogens is 1. The van der Waals surface area contributed by atoms with Gasteiger partial charge >= 0.3 is 6.03 Å². The maximum atomic E-state index is 13.2. The van der Waals surface area contributed by atoms with Crippen LogP contribution in [0.15, 0.2) is 47.3 Å². The molecule has 2 aromatic rings. The molecule has 8 heteroatoms. The first-order valence-corrected chi connectivity index (χ1v) is 11.8. The summed E-state index contributed by atoms with van der Waals surface area (Å²) >= 11 is 0. The summed E-state index contributed by atoms with van der Waals surface area (Å²) in [5, 5.41) is 5.48. The molecule has 0 saturated carbocycles. The molecule has 2 fully saturated rings. The van der Waals surface area contributed by atoms with Crippen LogP contribution in [-0.2, 0) is 11.3 Å². The molecule has 2 bridgehead atoms. The van der Waals surface area contributed by atoms with Gasteiger partial charge in [-0.1, -0.05) is 18.2 Å². The monoisotopic (exact) mass is 449 g/mol. The standard InChI is InChI=1S/C25H31N5O3/c1-17(31)28-11-9-21(10-12-28)29-14-18-13-19(16-29)23-8-7-22(24(32)30(23)15-18)27-25(33)26-20-5-3-2-4-6-20/h2-8,18-19,21H,9-16H2,1H3,(H2,26,27,33)/t18-,19-/m1/s1. The zero-order valence-electron chi connectivity index (χ0n) is 19.0. The number of hydrogen-bond donors (Lipinski definition) is 2. The molecule has 2 saturated heterocycles. The molecule has 1 aromatic carbocycles. The lowest BCUT2D eigenvalue weighted by molar-refractivity contribution is -0.130. The fraction of sp³-hybridized carbons (Fsp3) is 0.480. The summed E-state index contributed by atoms with van der Waals surface area (Å²) in [5.74, 6) is 0.913. The molecule has 2 atom stereocenters. The molecule has 33 heavy (non-hydrogen) atoms. The molecule has 0 unspecified atom stereocenters. The third kappa shape index (κ3) is 4.53. The van der Waals surface area contributed by atoms with Crippen molar-refractivity contribution >= 4 is 23.3 Å². The lowest BCUT2D eigenvalue weighted by Crippen LogP contribution is -2.53. The molecule has 4 heterocycles. The number of carbonyl (C=O) groups is 2. The maximum absolute atomic E-state index is 13.2. The molecule has 0 aliphatic carbocycles. The van der Waals surface area contributed by atoms with Gasteiger partial charge in [-0.05, 0) is 49.4 Å². The Morgan fingerprint density at radius 2 is 1.70 bits per heavy atom. The molecule has 0 radical (unpaired) electrons. The summed E-state index contributed by atoms with van der Waals surface area (Å²) < 4.78 is 1.87. The quantitative estimate of drug-likeness (QED) is 0.754. The Morgan fingerprint density at radius 3 is 2.42 bits per heavy atom. The van der Waals surface area contributed by atoms with E-state index >= 15 is 0 Å². The van der Waals surface area contributed by atoms with Crippen molar-refractivity contribution in [3.63, 3.8) is 0 Å². The third-order valence-corrected chi connectivity index (χ3v) is 7.34. The van der Waals surface area contributed by atoms with Gasteiger partial charge in [0.15, 0.2) is 0 Å². The lowest BCUT2D eigenvalue weighted by Gasteiger charge is -2.47. The van der Waals surface area contributed by atoms with Gasteiger partial charge in [-0.3, -0.25) is 14.5 Å². The first-order chi connectivity index (χ1) is 16.0. The number of rotatable bonds is 3. The Kier molecular flexibility index (Phi) is 5.93. The van der Waals surface area contributed by atoms with Crippen molar-refractivity contribution < 1.29 is 9.59 Å². The SMILES string of the molecule is CC(=O)N1CCC(N2C[C@H]3C[C@H](C2)c2ccc(NC(=O)Nc4ccccc4)c(=O)n2C3)CC1. The highest BCUT2D eigenvalue weighted by molar-refractivity contribution is 5.99. The van der Waals surface area contributed by atoms with E-state index in [4.69, 9.17) is 0 Å². The zero-order chi connectivity index (χ0) is 22.9. The smallest absolute Gasteiger partial charge is 0.323 e. The Morgan fingerprint density at radius 1 is 0.939 bits per heavy atom. The van der Waals surface area contributed by atoms with Crippen molar-refractivity contribution in [2.24, 2.45) is 5.92 Å². The first kappa shape index (κ1) is 21.7. The van der Waals surface area contributed by atoms with E-state index in [0.29, 0.717) is 35.8 Å². The average molecular weight is 450 g/mol. The molecule has 8 nitrogen and oxygen atoms in total. The van der Waals surface area contributed by atoms with E-state index < -0.39 is 6.03 Å². The summed E-state index contributed by atoms with van der Waals surface area (Å²) in [7, 11) is 0. The van der Waals surface area contributed by atoms with Crippen molar-refractivity contribution in [1.29, 1.82) is 0 Å². The van der Waals surface area contributed by atoms with Gasteiger partial charge in [-0.15, -0.1) is 0 Å². The number of urea groups is 1. The van der Waals surface area contributed by atoms with E-state index in [-0.39, 0.29) is 11.5 Å². The number of likely N-dealkylation sites (tertiary alicyclic amines) is 2. The number of para-hydroxylation sites is 1. The fourth-order valence-electron chi connectivity index (χ4n) is 5.73. The molecule has 3 amide bonds. The summed E-state index contributed by atoms with van der Waals surface area (Å²) in [4.78, 5) is 41.7. The number of piperidine rings is 2. The van der Waals surface area contributed by atoms with Crippen LogP contribution in [0, 0.1) is 5.92 Å². The van der Waals surface area contributed by atoms with Gasteiger partial charge in [0.1, 0.15) is 5.69 Å². The van der Waals surface area contributed by atoms with Crippen LogP contribution >= 0.6 is 0 Å². The van der Waals surface area contributed by atoms with Gasteiger partial charge in [0.2, 0.25) is 5.91 Å². The molecular formula is C25H31N5O3. The van der Waals surface area contributed by atoms with Gasteiger partial charge < -0.3 is 20.1 Å². The highest BCUT2D eigenvalue weighted by atomic mass is 16.2. The lowest BCUT2D eigenvalue weighted by atomic mass is 9.82. The minimum atomic E-state index is -0.419. The molecule has 1 aromatic heterocycles. The number of carbonyl (C=O) groups excluding carboxylic acids is 2. The van der Waals surface area contributed by atoms with Gasteiger partial charge in [0, 0.05) is 63.0 Å². The van der Waals surface area contributed by atoms with Crippen molar-refractivity contribution in [2.45, 2.75) is 44.7 Å². The number of amides is 3. The molecule has 5 rings (SSSR count). The fourth-order valence-corrected chi connectivity index (χ4v) is 5.73. The van der Waals surface area contributed by atoms with Gasteiger partial charge in [-0.25, -0.2) is 4.79 Å².